The zero-order valence-corrected chi connectivity index (χ0v) is 29.2. The summed E-state index contributed by atoms with van der Waals surface area (Å²) in [4.78, 5) is 37.5. The molecule has 3 fully saturated rings. The molecule has 1 unspecified atom stereocenters. The second kappa shape index (κ2) is 14.4. The third-order valence-corrected chi connectivity index (χ3v) is 11.4. The number of hydrogen-bond acceptors (Lipinski definition) is 9. The average Bonchev–Trinajstić information content (AvgIpc) is 3.44. The first-order valence-electron chi connectivity index (χ1n) is 16.6. The van der Waals surface area contributed by atoms with Crippen LogP contribution in [0.25, 0.3) is 10.9 Å². The number of aromatic nitrogens is 4. The van der Waals surface area contributed by atoms with Gasteiger partial charge in [-0.25, -0.2) is 18.3 Å². The normalized spacial score (nSPS) is 19.3. The van der Waals surface area contributed by atoms with E-state index in [1.165, 1.54) is 24.4 Å². The van der Waals surface area contributed by atoms with Gasteiger partial charge in [0.15, 0.2) is 5.82 Å². The van der Waals surface area contributed by atoms with E-state index in [0.29, 0.717) is 48.2 Å². The molecule has 3 aliphatic heterocycles. The monoisotopic (exact) mass is 705 g/mol. The molecule has 4 aromatic rings. The lowest BCUT2D eigenvalue weighted by molar-refractivity contribution is -0.120. The summed E-state index contributed by atoms with van der Waals surface area (Å²) in [6.07, 6.45) is 5.51. The SMILES string of the molecule is COc1nc(NC2CCN(S(=O)c3cccc(CN4CCC(c5ccc6c(N7CCC(=O)NC7=O)nn(C)c6c5)CC4)c3)CC2)ncc1Cl. The van der Waals surface area contributed by atoms with Crippen molar-refractivity contribution in [3.05, 3.63) is 64.8 Å². The van der Waals surface area contributed by atoms with E-state index in [-0.39, 0.29) is 18.4 Å². The molecule has 1 atom stereocenters. The number of benzene rings is 2. The molecule has 7 rings (SSSR count). The maximum absolute atomic E-state index is 13.6. The van der Waals surface area contributed by atoms with E-state index in [9.17, 15) is 13.8 Å². The first-order valence-corrected chi connectivity index (χ1v) is 18.1. The number of halogens is 1. The number of urea groups is 1. The highest BCUT2D eigenvalue weighted by molar-refractivity contribution is 7.82. The minimum absolute atomic E-state index is 0.174. The zero-order valence-electron chi connectivity index (χ0n) is 27.6. The number of nitrogens with zero attached hydrogens (tertiary/aromatic N) is 7. The number of carbonyl (C=O) groups is 2. The van der Waals surface area contributed by atoms with Crippen LogP contribution < -0.4 is 20.3 Å². The van der Waals surface area contributed by atoms with Crippen LogP contribution in [0.1, 0.15) is 49.1 Å². The van der Waals surface area contributed by atoms with Crippen LogP contribution in [0.2, 0.25) is 5.02 Å². The topological polar surface area (TPSA) is 138 Å². The second-order valence-corrected chi connectivity index (χ2v) is 14.7. The van der Waals surface area contributed by atoms with Gasteiger partial charge in [-0.15, -0.1) is 0 Å². The van der Waals surface area contributed by atoms with Crippen LogP contribution in [0.5, 0.6) is 5.88 Å². The molecule has 3 aliphatic rings. The number of aryl methyl sites for hydroxylation is 1. The van der Waals surface area contributed by atoms with Crippen molar-refractivity contribution in [3.63, 3.8) is 0 Å². The number of fused-ring (bicyclic) bond motifs is 1. The van der Waals surface area contributed by atoms with Crippen molar-refractivity contribution in [1.29, 1.82) is 0 Å². The first kappa shape index (κ1) is 33.4. The van der Waals surface area contributed by atoms with E-state index in [1.54, 1.807) is 4.90 Å². The smallest absolute Gasteiger partial charge is 0.329 e. The van der Waals surface area contributed by atoms with Crippen molar-refractivity contribution < 1.29 is 18.5 Å². The minimum atomic E-state index is -1.23. The molecule has 0 bridgehead atoms. The molecule has 2 aromatic heterocycles. The lowest BCUT2D eigenvalue weighted by Gasteiger charge is -2.33. The Labute approximate surface area is 292 Å². The van der Waals surface area contributed by atoms with Crippen molar-refractivity contribution in [2.45, 2.75) is 55.5 Å². The summed E-state index contributed by atoms with van der Waals surface area (Å²) in [6, 6.07) is 14.3. The van der Waals surface area contributed by atoms with Crippen LogP contribution in [-0.2, 0) is 29.4 Å². The Morgan fingerprint density at radius 2 is 1.84 bits per heavy atom. The Kier molecular flexibility index (Phi) is 9.81. The molecule has 0 radical (unpaired) electrons. The number of anilines is 2. The van der Waals surface area contributed by atoms with Crippen LogP contribution in [-0.4, -0.2) is 91.0 Å². The number of piperidine rings is 2. The van der Waals surface area contributed by atoms with Crippen molar-refractivity contribution >= 4 is 57.2 Å². The predicted molar refractivity (Wildman–Crippen MR) is 188 cm³/mol. The summed E-state index contributed by atoms with van der Waals surface area (Å²) in [5, 5.41) is 11.6. The molecular weight excluding hydrogens is 666 g/mol. The van der Waals surface area contributed by atoms with E-state index in [2.05, 4.69) is 60.9 Å². The number of carbonyl (C=O) groups excluding carboxylic acids is 2. The number of imide groups is 1. The van der Waals surface area contributed by atoms with Gasteiger partial charge in [0.1, 0.15) is 16.0 Å². The summed E-state index contributed by atoms with van der Waals surface area (Å²) in [6.45, 7) is 4.49. The van der Waals surface area contributed by atoms with Crippen LogP contribution in [0.15, 0.2) is 53.6 Å². The van der Waals surface area contributed by atoms with E-state index in [0.717, 1.165) is 61.1 Å². The molecule has 258 valence electrons. The zero-order chi connectivity index (χ0) is 34.1. The Morgan fingerprint density at radius 1 is 1.04 bits per heavy atom. The molecule has 49 heavy (non-hydrogen) atoms. The summed E-state index contributed by atoms with van der Waals surface area (Å²) in [5.41, 5.74) is 3.42. The Hall–Kier alpha value is -4.11. The predicted octanol–water partition coefficient (Wildman–Crippen LogP) is 4.45. The summed E-state index contributed by atoms with van der Waals surface area (Å²) in [7, 11) is 2.18. The fourth-order valence-electron chi connectivity index (χ4n) is 6.97. The van der Waals surface area contributed by atoms with E-state index >= 15 is 0 Å². The van der Waals surface area contributed by atoms with Crippen molar-refractivity contribution in [1.82, 2.24) is 34.3 Å². The molecule has 2 aromatic carbocycles. The number of methoxy groups -OCH3 is 1. The fraction of sp³-hybridized carbons (Fsp3) is 0.441. The lowest BCUT2D eigenvalue weighted by Crippen LogP contribution is -2.49. The molecule has 15 heteroatoms. The van der Waals surface area contributed by atoms with E-state index in [4.69, 9.17) is 16.3 Å². The van der Waals surface area contributed by atoms with Crippen LogP contribution in [0.4, 0.5) is 16.6 Å². The van der Waals surface area contributed by atoms with Gasteiger partial charge < -0.3 is 10.1 Å². The number of nitrogens with one attached hydrogen (secondary N) is 2. The molecule has 3 amide bonds. The molecule has 0 spiro atoms. The number of amides is 3. The minimum Gasteiger partial charge on any atom is -0.480 e. The maximum Gasteiger partial charge on any atom is 0.329 e. The molecule has 0 saturated carbocycles. The number of ether oxygens (including phenoxy) is 1. The molecule has 3 saturated heterocycles. The van der Waals surface area contributed by atoms with Gasteiger partial charge in [0.05, 0.1) is 23.7 Å². The highest BCUT2D eigenvalue weighted by Crippen LogP contribution is 2.34. The Balaban J connectivity index is 0.920. The van der Waals surface area contributed by atoms with Gasteiger partial charge in [-0.3, -0.25) is 24.6 Å². The summed E-state index contributed by atoms with van der Waals surface area (Å²) >= 11 is 6.05. The molecule has 5 heterocycles. The maximum atomic E-state index is 13.6. The molecule has 2 N–H and O–H groups in total. The summed E-state index contributed by atoms with van der Waals surface area (Å²) < 4.78 is 22.6. The quantitative estimate of drug-likeness (QED) is 0.259. The average molecular weight is 706 g/mol. The summed E-state index contributed by atoms with van der Waals surface area (Å²) in [5.74, 6) is 1.57. The molecule has 13 nitrogen and oxygen atoms in total. The van der Waals surface area contributed by atoms with Crippen LogP contribution in [0, 0.1) is 0 Å². The second-order valence-electron chi connectivity index (χ2n) is 12.8. The molecular formula is C34H40ClN9O4S. The highest BCUT2D eigenvalue weighted by atomic mass is 35.5. The van der Waals surface area contributed by atoms with Gasteiger partial charge in [-0.2, -0.15) is 10.1 Å². The number of likely N-dealkylation sites (tertiary alicyclic amines) is 1. The van der Waals surface area contributed by atoms with Crippen molar-refractivity contribution in [2.24, 2.45) is 7.05 Å². The highest BCUT2D eigenvalue weighted by Gasteiger charge is 2.29. The van der Waals surface area contributed by atoms with E-state index in [1.807, 2.05) is 28.2 Å². The van der Waals surface area contributed by atoms with Gasteiger partial charge in [0.25, 0.3) is 0 Å². The number of rotatable bonds is 9. The third-order valence-electron chi connectivity index (χ3n) is 9.66. The van der Waals surface area contributed by atoms with Gasteiger partial charge >= 0.3 is 6.03 Å². The lowest BCUT2D eigenvalue weighted by atomic mass is 9.89. The van der Waals surface area contributed by atoms with Crippen molar-refractivity contribution in [3.8, 4) is 5.88 Å². The Morgan fingerprint density at radius 3 is 2.59 bits per heavy atom. The largest absolute Gasteiger partial charge is 0.480 e. The third kappa shape index (κ3) is 7.28. The van der Waals surface area contributed by atoms with Gasteiger partial charge in [0, 0.05) is 51.1 Å². The van der Waals surface area contributed by atoms with Gasteiger partial charge in [-0.1, -0.05) is 29.8 Å². The first-order chi connectivity index (χ1) is 23.7. The van der Waals surface area contributed by atoms with Crippen LogP contribution in [0.3, 0.4) is 0 Å². The van der Waals surface area contributed by atoms with Crippen LogP contribution >= 0.6 is 11.6 Å². The Bertz CT molecular complexity index is 1890. The van der Waals surface area contributed by atoms with Crippen molar-refractivity contribution in [2.75, 3.05) is 50.1 Å². The molecule has 0 aliphatic carbocycles. The number of hydrogen-bond donors (Lipinski definition) is 2. The standard InChI is InChI=1S/C34H40ClN9O4S/c1-41-29-19-24(6-7-27(29)31(40-41)44-17-12-30(45)38-34(44)46)23-8-13-42(14-9-23)21-22-4-3-5-26(18-22)49(47)43-15-10-25(11-16-43)37-33-36-20-28(35)32(39-33)48-2/h3-7,18-20,23,25H,8-17,21H2,1-2H3,(H,36,37,39)(H,38,45,46). The van der Waals surface area contributed by atoms with Gasteiger partial charge in [-0.05, 0) is 80.1 Å². The van der Waals surface area contributed by atoms with E-state index < -0.39 is 17.0 Å². The fourth-order valence-corrected chi connectivity index (χ4v) is 8.43. The van der Waals surface area contributed by atoms with Gasteiger partial charge in [0.2, 0.25) is 17.7 Å².